The fourth-order valence-corrected chi connectivity index (χ4v) is 2.58. The van der Waals surface area contributed by atoms with E-state index in [-0.39, 0.29) is 0 Å². The van der Waals surface area contributed by atoms with E-state index in [0.717, 1.165) is 22.3 Å². The Labute approximate surface area is 119 Å². The Morgan fingerprint density at radius 2 is 1.74 bits per heavy atom. The highest BCUT2D eigenvalue weighted by Gasteiger charge is 2.13. The molecule has 2 aromatic rings. The largest absolute Gasteiger partial charge is 0.388 e. The molecule has 0 aliphatic rings. The van der Waals surface area contributed by atoms with Gasteiger partial charge in [-0.15, -0.1) is 0 Å². The summed E-state index contributed by atoms with van der Waals surface area (Å²) in [7, 11) is 0. The second kappa shape index (κ2) is 5.77. The van der Waals surface area contributed by atoms with Gasteiger partial charge >= 0.3 is 0 Å². The molecule has 0 bridgehead atoms. The van der Waals surface area contributed by atoms with Gasteiger partial charge in [-0.05, 0) is 49.1 Å². The molecule has 0 radical (unpaired) electrons. The lowest BCUT2D eigenvalue weighted by Gasteiger charge is -2.15. The van der Waals surface area contributed by atoms with Gasteiger partial charge in [-0.2, -0.15) is 0 Å². The third-order valence-electron chi connectivity index (χ3n) is 3.48. The van der Waals surface area contributed by atoms with Crippen molar-refractivity contribution in [3.63, 3.8) is 0 Å². The molecule has 0 saturated heterocycles. The molecule has 100 valence electrons. The van der Waals surface area contributed by atoms with Gasteiger partial charge in [0, 0.05) is 11.4 Å². The highest BCUT2D eigenvalue weighted by Crippen LogP contribution is 2.28. The van der Waals surface area contributed by atoms with Gasteiger partial charge in [0.2, 0.25) is 0 Å². The van der Waals surface area contributed by atoms with E-state index in [1.807, 2.05) is 38.1 Å². The summed E-state index contributed by atoms with van der Waals surface area (Å²) < 4.78 is 0. The third kappa shape index (κ3) is 3.37. The number of aryl methyl sites for hydroxylation is 3. The van der Waals surface area contributed by atoms with E-state index in [1.165, 1.54) is 5.56 Å². The first-order valence-electron chi connectivity index (χ1n) is 6.47. The van der Waals surface area contributed by atoms with Crippen LogP contribution in [0.5, 0.6) is 0 Å². The molecule has 0 fully saturated rings. The average molecular weight is 275 g/mol. The first-order valence-corrected chi connectivity index (χ1v) is 6.85. The summed E-state index contributed by atoms with van der Waals surface area (Å²) in [5.74, 6) is 0. The van der Waals surface area contributed by atoms with Gasteiger partial charge in [0.1, 0.15) is 0 Å². The maximum atomic E-state index is 10.4. The molecule has 1 nitrogen and oxygen atoms in total. The summed E-state index contributed by atoms with van der Waals surface area (Å²) in [5, 5.41) is 11.0. The molecule has 0 aromatic heterocycles. The van der Waals surface area contributed by atoms with Crippen molar-refractivity contribution >= 4 is 11.6 Å². The molecular formula is C17H19ClO. The number of rotatable bonds is 3. The molecule has 1 unspecified atom stereocenters. The third-order valence-corrected chi connectivity index (χ3v) is 3.81. The van der Waals surface area contributed by atoms with Crippen molar-refractivity contribution in [3.05, 3.63) is 69.2 Å². The van der Waals surface area contributed by atoms with Crippen LogP contribution in [0.1, 0.15) is 33.9 Å². The van der Waals surface area contributed by atoms with Crippen LogP contribution in [0.25, 0.3) is 0 Å². The Morgan fingerprint density at radius 1 is 1.05 bits per heavy atom. The van der Waals surface area contributed by atoms with Crippen molar-refractivity contribution in [2.75, 3.05) is 0 Å². The minimum Gasteiger partial charge on any atom is -0.388 e. The Bertz CT molecular complexity index is 590. The monoisotopic (exact) mass is 274 g/mol. The van der Waals surface area contributed by atoms with Gasteiger partial charge in [0.15, 0.2) is 0 Å². The quantitative estimate of drug-likeness (QED) is 0.871. The van der Waals surface area contributed by atoms with Crippen LogP contribution in [-0.2, 0) is 6.42 Å². The van der Waals surface area contributed by atoms with E-state index >= 15 is 0 Å². The molecule has 0 aliphatic carbocycles. The van der Waals surface area contributed by atoms with Gasteiger partial charge in [0.05, 0.1) is 6.10 Å². The van der Waals surface area contributed by atoms with E-state index < -0.39 is 6.10 Å². The van der Waals surface area contributed by atoms with Gasteiger partial charge in [-0.1, -0.05) is 47.5 Å². The maximum absolute atomic E-state index is 10.4. The van der Waals surface area contributed by atoms with Crippen LogP contribution in [0.4, 0.5) is 0 Å². The zero-order chi connectivity index (χ0) is 14.0. The van der Waals surface area contributed by atoms with Crippen LogP contribution in [0.15, 0.2) is 36.4 Å². The minimum atomic E-state index is -0.561. The standard InChI is InChI=1S/C17H19ClO/c1-11-5-4-6-14(7-11)10-17(19)15-8-12(2)13(3)9-16(15)18/h4-9,17,19H,10H2,1-3H3. The lowest BCUT2D eigenvalue weighted by molar-refractivity contribution is 0.178. The van der Waals surface area contributed by atoms with E-state index in [4.69, 9.17) is 11.6 Å². The second-order valence-electron chi connectivity index (χ2n) is 5.17. The van der Waals surface area contributed by atoms with Crippen LogP contribution < -0.4 is 0 Å². The van der Waals surface area contributed by atoms with Crippen molar-refractivity contribution in [1.29, 1.82) is 0 Å². The lowest BCUT2D eigenvalue weighted by Crippen LogP contribution is -2.04. The lowest BCUT2D eigenvalue weighted by atomic mass is 9.97. The van der Waals surface area contributed by atoms with Crippen LogP contribution >= 0.6 is 11.6 Å². The van der Waals surface area contributed by atoms with E-state index in [0.29, 0.717) is 11.4 Å². The number of halogens is 1. The second-order valence-corrected chi connectivity index (χ2v) is 5.57. The highest BCUT2D eigenvalue weighted by molar-refractivity contribution is 6.31. The van der Waals surface area contributed by atoms with Crippen LogP contribution in [-0.4, -0.2) is 5.11 Å². The number of benzene rings is 2. The molecule has 2 aromatic carbocycles. The summed E-state index contributed by atoms with van der Waals surface area (Å²) >= 11 is 6.23. The molecule has 0 aliphatic heterocycles. The number of aliphatic hydroxyl groups excluding tert-OH is 1. The predicted octanol–water partition coefficient (Wildman–Crippen LogP) is 4.54. The summed E-state index contributed by atoms with van der Waals surface area (Å²) in [6.07, 6.45) is 0.0257. The molecule has 0 saturated carbocycles. The number of hydrogen-bond donors (Lipinski definition) is 1. The molecule has 19 heavy (non-hydrogen) atoms. The average Bonchev–Trinajstić information content (AvgIpc) is 2.33. The van der Waals surface area contributed by atoms with E-state index in [9.17, 15) is 5.11 Å². The zero-order valence-corrected chi connectivity index (χ0v) is 12.3. The molecular weight excluding hydrogens is 256 g/mol. The summed E-state index contributed by atoms with van der Waals surface area (Å²) in [6.45, 7) is 6.12. The fourth-order valence-electron chi connectivity index (χ4n) is 2.23. The van der Waals surface area contributed by atoms with Crippen molar-refractivity contribution in [2.24, 2.45) is 0 Å². The molecule has 2 rings (SSSR count). The van der Waals surface area contributed by atoms with Gasteiger partial charge < -0.3 is 5.11 Å². The van der Waals surface area contributed by atoms with Gasteiger partial charge in [-0.3, -0.25) is 0 Å². The SMILES string of the molecule is Cc1cccc(CC(O)c2cc(C)c(C)cc2Cl)c1. The van der Waals surface area contributed by atoms with Crippen molar-refractivity contribution < 1.29 is 5.11 Å². The first kappa shape index (κ1) is 14.1. The number of aliphatic hydroxyl groups is 1. The molecule has 2 heteroatoms. The predicted molar refractivity (Wildman–Crippen MR) is 80.8 cm³/mol. The van der Waals surface area contributed by atoms with E-state index in [2.05, 4.69) is 19.1 Å². The van der Waals surface area contributed by atoms with Gasteiger partial charge in [-0.25, -0.2) is 0 Å². The zero-order valence-electron chi connectivity index (χ0n) is 11.6. The topological polar surface area (TPSA) is 20.2 Å². The Morgan fingerprint density at radius 3 is 2.42 bits per heavy atom. The van der Waals surface area contributed by atoms with E-state index in [1.54, 1.807) is 0 Å². The molecule has 0 amide bonds. The van der Waals surface area contributed by atoms with Crippen LogP contribution in [0.3, 0.4) is 0 Å². The fraction of sp³-hybridized carbons (Fsp3) is 0.294. The van der Waals surface area contributed by atoms with Crippen molar-refractivity contribution in [3.8, 4) is 0 Å². The summed E-state index contributed by atoms with van der Waals surface area (Å²) in [4.78, 5) is 0. The maximum Gasteiger partial charge on any atom is 0.0844 e. The summed E-state index contributed by atoms with van der Waals surface area (Å²) in [6, 6.07) is 12.1. The Balaban J connectivity index is 2.25. The van der Waals surface area contributed by atoms with Gasteiger partial charge in [0.25, 0.3) is 0 Å². The van der Waals surface area contributed by atoms with Crippen LogP contribution in [0.2, 0.25) is 5.02 Å². The highest BCUT2D eigenvalue weighted by atomic mass is 35.5. The Kier molecular flexibility index (Phi) is 4.28. The van der Waals surface area contributed by atoms with Crippen LogP contribution in [0, 0.1) is 20.8 Å². The smallest absolute Gasteiger partial charge is 0.0844 e. The van der Waals surface area contributed by atoms with Crippen molar-refractivity contribution in [1.82, 2.24) is 0 Å². The Hall–Kier alpha value is -1.31. The first-order chi connectivity index (χ1) is 8.97. The normalized spacial score (nSPS) is 12.5. The summed E-state index contributed by atoms with van der Waals surface area (Å²) in [5.41, 5.74) is 5.45. The minimum absolute atomic E-state index is 0.561. The number of hydrogen-bond acceptors (Lipinski definition) is 1. The molecule has 1 atom stereocenters. The molecule has 1 N–H and O–H groups in total. The molecule has 0 spiro atoms. The van der Waals surface area contributed by atoms with Crippen molar-refractivity contribution in [2.45, 2.75) is 33.3 Å². The molecule has 0 heterocycles.